The molecule has 116 valence electrons. The maximum Gasteiger partial charge on any atom is 0.254 e. The lowest BCUT2D eigenvalue weighted by Crippen LogP contribution is -2.28. The lowest BCUT2D eigenvalue weighted by atomic mass is 10.0. The van der Waals surface area contributed by atoms with Crippen molar-refractivity contribution in [1.82, 2.24) is 15.5 Å². The van der Waals surface area contributed by atoms with E-state index in [1.807, 2.05) is 30.3 Å². The lowest BCUT2D eigenvalue weighted by Gasteiger charge is -2.10. The van der Waals surface area contributed by atoms with Gasteiger partial charge in [-0.15, -0.1) is 0 Å². The number of aromatic nitrogens is 2. The van der Waals surface area contributed by atoms with Crippen molar-refractivity contribution in [3.05, 3.63) is 47.8 Å². The van der Waals surface area contributed by atoms with Crippen LogP contribution in [0.15, 0.2) is 36.5 Å². The first kappa shape index (κ1) is 14.6. The Morgan fingerprint density at radius 2 is 2.27 bits per heavy atom. The molecule has 0 saturated carbocycles. The Morgan fingerprint density at radius 3 is 3.05 bits per heavy atom. The number of hydrogen-bond acceptors (Lipinski definition) is 4. The average molecular weight is 301 g/mol. The molecule has 6 nitrogen and oxygen atoms in total. The smallest absolute Gasteiger partial charge is 0.254 e. The molecule has 0 radical (unpaired) electrons. The fourth-order valence-corrected chi connectivity index (χ4v) is 2.50. The van der Waals surface area contributed by atoms with E-state index < -0.39 is 0 Å². The molecular weight excluding hydrogens is 282 g/mol. The molecule has 1 fully saturated rings. The molecule has 0 bridgehead atoms. The first-order valence-electron chi connectivity index (χ1n) is 7.41. The summed E-state index contributed by atoms with van der Waals surface area (Å²) in [6, 6.07) is 9.53. The topological polar surface area (TPSA) is 76.2 Å². The molecule has 0 spiro atoms. The van der Waals surface area contributed by atoms with Gasteiger partial charge in [-0.2, -0.15) is 5.10 Å². The summed E-state index contributed by atoms with van der Waals surface area (Å²) in [4.78, 5) is 12.2. The maximum atomic E-state index is 12.2. The number of ether oxygens (including phenoxy) is 2. The van der Waals surface area contributed by atoms with Gasteiger partial charge >= 0.3 is 0 Å². The molecule has 0 aliphatic carbocycles. The fraction of sp³-hybridized carbons (Fsp3) is 0.375. The minimum atomic E-state index is -0.132. The van der Waals surface area contributed by atoms with E-state index in [9.17, 15) is 4.79 Å². The number of hydrogen-bond donors (Lipinski definition) is 2. The number of rotatable bonds is 6. The van der Waals surface area contributed by atoms with E-state index in [1.54, 1.807) is 6.20 Å². The second-order valence-corrected chi connectivity index (χ2v) is 5.18. The van der Waals surface area contributed by atoms with Crippen molar-refractivity contribution in [3.8, 4) is 5.75 Å². The van der Waals surface area contributed by atoms with Crippen molar-refractivity contribution in [2.45, 2.75) is 12.3 Å². The van der Waals surface area contributed by atoms with E-state index >= 15 is 0 Å². The molecule has 6 heteroatoms. The number of amides is 1. The Bertz CT molecular complexity index is 606. The van der Waals surface area contributed by atoms with Gasteiger partial charge in [0.25, 0.3) is 5.91 Å². The van der Waals surface area contributed by atoms with E-state index in [4.69, 9.17) is 9.47 Å². The van der Waals surface area contributed by atoms with Gasteiger partial charge in [0, 0.05) is 12.5 Å². The van der Waals surface area contributed by atoms with Gasteiger partial charge in [0.15, 0.2) is 0 Å². The highest BCUT2D eigenvalue weighted by molar-refractivity contribution is 5.95. The van der Waals surface area contributed by atoms with Crippen molar-refractivity contribution in [2.75, 3.05) is 26.4 Å². The SMILES string of the molecule is O=C(NCCOc1ccccc1)c1cn[nH]c1[C@H]1CCOC1. The van der Waals surface area contributed by atoms with Crippen LogP contribution in [0.2, 0.25) is 0 Å². The quantitative estimate of drug-likeness (QED) is 0.797. The first-order chi connectivity index (χ1) is 10.8. The van der Waals surface area contributed by atoms with Crippen LogP contribution in [0, 0.1) is 0 Å². The molecule has 2 N–H and O–H groups in total. The molecular formula is C16H19N3O3. The summed E-state index contributed by atoms with van der Waals surface area (Å²) in [6.07, 6.45) is 2.49. The van der Waals surface area contributed by atoms with Crippen LogP contribution < -0.4 is 10.1 Å². The van der Waals surface area contributed by atoms with Gasteiger partial charge in [0.1, 0.15) is 12.4 Å². The van der Waals surface area contributed by atoms with Crippen LogP contribution in [-0.2, 0) is 4.74 Å². The van der Waals surface area contributed by atoms with Crippen LogP contribution in [0.4, 0.5) is 0 Å². The molecule has 2 aromatic rings. The van der Waals surface area contributed by atoms with Crippen LogP contribution in [0.5, 0.6) is 5.75 Å². The Hall–Kier alpha value is -2.34. The molecule has 1 amide bonds. The number of aromatic amines is 1. The molecule has 2 heterocycles. The van der Waals surface area contributed by atoms with Crippen molar-refractivity contribution in [3.63, 3.8) is 0 Å². The van der Waals surface area contributed by atoms with Crippen LogP contribution in [-0.4, -0.2) is 42.5 Å². The third kappa shape index (κ3) is 3.46. The largest absolute Gasteiger partial charge is 0.492 e. The van der Waals surface area contributed by atoms with Crippen LogP contribution in [0.1, 0.15) is 28.4 Å². The van der Waals surface area contributed by atoms with E-state index in [-0.39, 0.29) is 11.8 Å². The Balaban J connectivity index is 1.49. The van der Waals surface area contributed by atoms with Crippen LogP contribution in [0.3, 0.4) is 0 Å². The molecule has 1 aromatic heterocycles. The second-order valence-electron chi connectivity index (χ2n) is 5.18. The highest BCUT2D eigenvalue weighted by atomic mass is 16.5. The second kappa shape index (κ2) is 7.09. The minimum absolute atomic E-state index is 0.132. The third-order valence-corrected chi connectivity index (χ3v) is 3.65. The van der Waals surface area contributed by atoms with Crippen molar-refractivity contribution in [2.24, 2.45) is 0 Å². The molecule has 1 saturated heterocycles. The Kier molecular flexibility index (Phi) is 4.70. The molecule has 1 aliphatic rings. The van der Waals surface area contributed by atoms with Gasteiger partial charge in [0.05, 0.1) is 30.6 Å². The summed E-state index contributed by atoms with van der Waals surface area (Å²) in [5.41, 5.74) is 1.45. The number of benzene rings is 1. The molecule has 1 aromatic carbocycles. The summed E-state index contributed by atoms with van der Waals surface area (Å²) in [5, 5.41) is 9.77. The maximum absolute atomic E-state index is 12.2. The number of carbonyl (C=O) groups is 1. The van der Waals surface area contributed by atoms with Gasteiger partial charge in [-0.25, -0.2) is 0 Å². The summed E-state index contributed by atoms with van der Waals surface area (Å²) in [5.74, 6) is 0.889. The average Bonchev–Trinajstić information content (AvgIpc) is 3.22. The van der Waals surface area contributed by atoms with Gasteiger partial charge in [0.2, 0.25) is 0 Å². The molecule has 22 heavy (non-hydrogen) atoms. The first-order valence-corrected chi connectivity index (χ1v) is 7.41. The van der Waals surface area contributed by atoms with Crippen LogP contribution >= 0.6 is 0 Å². The zero-order chi connectivity index (χ0) is 15.2. The highest BCUT2D eigenvalue weighted by Crippen LogP contribution is 2.25. The van der Waals surface area contributed by atoms with E-state index in [1.165, 1.54) is 0 Å². The number of H-pyrrole nitrogens is 1. The number of para-hydroxylation sites is 1. The summed E-state index contributed by atoms with van der Waals surface area (Å²) in [7, 11) is 0. The van der Waals surface area contributed by atoms with Gasteiger partial charge < -0.3 is 14.8 Å². The highest BCUT2D eigenvalue weighted by Gasteiger charge is 2.24. The van der Waals surface area contributed by atoms with Crippen molar-refractivity contribution in [1.29, 1.82) is 0 Å². The van der Waals surface area contributed by atoms with Crippen molar-refractivity contribution >= 4 is 5.91 Å². The van der Waals surface area contributed by atoms with E-state index in [0.29, 0.717) is 25.3 Å². The van der Waals surface area contributed by atoms with Gasteiger partial charge in [-0.1, -0.05) is 18.2 Å². The van der Waals surface area contributed by atoms with E-state index in [2.05, 4.69) is 15.5 Å². The minimum Gasteiger partial charge on any atom is -0.492 e. The third-order valence-electron chi connectivity index (χ3n) is 3.65. The van der Waals surface area contributed by atoms with E-state index in [0.717, 1.165) is 24.5 Å². The van der Waals surface area contributed by atoms with Gasteiger partial charge in [-0.3, -0.25) is 9.89 Å². The lowest BCUT2D eigenvalue weighted by molar-refractivity contribution is 0.0945. The molecule has 1 aliphatic heterocycles. The molecule has 1 atom stereocenters. The number of nitrogens with one attached hydrogen (secondary N) is 2. The summed E-state index contributed by atoms with van der Waals surface area (Å²) < 4.78 is 10.9. The molecule has 3 rings (SSSR count). The number of nitrogens with zero attached hydrogens (tertiary/aromatic N) is 1. The van der Waals surface area contributed by atoms with Crippen LogP contribution in [0.25, 0.3) is 0 Å². The fourth-order valence-electron chi connectivity index (χ4n) is 2.50. The summed E-state index contributed by atoms with van der Waals surface area (Å²) in [6.45, 7) is 2.24. The predicted molar refractivity (Wildman–Crippen MR) is 81.0 cm³/mol. The Morgan fingerprint density at radius 1 is 1.41 bits per heavy atom. The normalized spacial score (nSPS) is 17.4. The zero-order valence-electron chi connectivity index (χ0n) is 12.2. The standard InChI is InChI=1S/C16H19N3O3/c20-16(17-7-9-22-13-4-2-1-3-5-13)14-10-18-19-15(14)12-6-8-21-11-12/h1-5,10,12H,6-9,11H2,(H,17,20)(H,18,19)/t12-/m0/s1. The predicted octanol–water partition coefficient (Wildman–Crippen LogP) is 1.72. The zero-order valence-corrected chi connectivity index (χ0v) is 12.2. The number of carbonyl (C=O) groups excluding carboxylic acids is 1. The monoisotopic (exact) mass is 301 g/mol. The van der Waals surface area contributed by atoms with Gasteiger partial charge in [-0.05, 0) is 18.6 Å². The Labute approximate surface area is 128 Å². The van der Waals surface area contributed by atoms with Crippen molar-refractivity contribution < 1.29 is 14.3 Å². The summed E-state index contributed by atoms with van der Waals surface area (Å²) >= 11 is 0. The molecule has 0 unspecified atom stereocenters.